The van der Waals surface area contributed by atoms with Crippen LogP contribution in [0.1, 0.15) is 26.7 Å². The van der Waals surface area contributed by atoms with Gasteiger partial charge in [-0.1, -0.05) is 44.2 Å². The number of carbonyl (C=O) groups is 3. The fraction of sp³-hybridized carbons (Fsp3) is 0.480. The molecule has 0 saturated carbocycles. The molecule has 2 aliphatic heterocycles. The molecule has 2 saturated heterocycles. The van der Waals surface area contributed by atoms with Crippen LogP contribution >= 0.6 is 0 Å². The van der Waals surface area contributed by atoms with Crippen molar-refractivity contribution in [3.63, 3.8) is 0 Å². The first kappa shape index (κ1) is 27.7. The van der Waals surface area contributed by atoms with Crippen LogP contribution in [0.3, 0.4) is 0 Å². The van der Waals surface area contributed by atoms with Crippen molar-refractivity contribution in [2.45, 2.75) is 26.7 Å². The van der Waals surface area contributed by atoms with Crippen molar-refractivity contribution >= 4 is 24.7 Å². The Labute approximate surface area is 205 Å². The minimum absolute atomic E-state index is 0.0348. The number of aliphatic carboxylic acids is 1. The SMILES string of the molecule is CC(C)CN1CC2CN(c3ccc(-c4ccccc4)nn3)CC2(CCC(=O)O)C1.O=CO.O=CO. The molecule has 10 nitrogen and oxygen atoms in total. The number of likely N-dealkylation sites (tertiary alicyclic amines) is 1. The van der Waals surface area contributed by atoms with Gasteiger partial charge in [-0.05, 0) is 30.4 Å². The van der Waals surface area contributed by atoms with Crippen LogP contribution in [0, 0.1) is 17.3 Å². The van der Waals surface area contributed by atoms with E-state index >= 15 is 0 Å². The van der Waals surface area contributed by atoms with Gasteiger partial charge in [-0.2, -0.15) is 0 Å². The quantitative estimate of drug-likeness (QED) is 0.500. The van der Waals surface area contributed by atoms with E-state index in [0.29, 0.717) is 11.8 Å². The molecule has 4 rings (SSSR count). The van der Waals surface area contributed by atoms with Crippen molar-refractivity contribution in [2.24, 2.45) is 17.3 Å². The number of fused-ring (bicyclic) bond motifs is 1. The maximum absolute atomic E-state index is 11.3. The van der Waals surface area contributed by atoms with Gasteiger partial charge in [0.2, 0.25) is 0 Å². The van der Waals surface area contributed by atoms with Gasteiger partial charge in [0, 0.05) is 50.1 Å². The zero-order valence-corrected chi connectivity index (χ0v) is 20.2. The van der Waals surface area contributed by atoms with Crippen LogP contribution in [0.25, 0.3) is 11.3 Å². The van der Waals surface area contributed by atoms with Crippen LogP contribution in [0.15, 0.2) is 42.5 Å². The van der Waals surface area contributed by atoms with E-state index in [1.54, 1.807) is 0 Å². The van der Waals surface area contributed by atoms with Gasteiger partial charge in [0.25, 0.3) is 12.9 Å². The third-order valence-corrected chi connectivity index (χ3v) is 6.33. The standard InChI is InChI=1S/C23H30N4O2.2CH2O2/c1-17(2)12-26-13-19-14-27(16-23(19,15-26)11-10-22(28)29)21-9-8-20(24-25-21)18-6-4-3-5-7-18;2*2-1-3/h3-9,17,19H,10-16H2,1-2H3,(H,28,29);2*1H,(H,2,3). The van der Waals surface area contributed by atoms with Crippen molar-refractivity contribution in [1.29, 1.82) is 0 Å². The van der Waals surface area contributed by atoms with Gasteiger partial charge in [-0.25, -0.2) is 0 Å². The molecule has 2 unspecified atom stereocenters. The summed E-state index contributed by atoms with van der Waals surface area (Å²) in [6.45, 7) is 8.88. The van der Waals surface area contributed by atoms with Gasteiger partial charge in [0.1, 0.15) is 0 Å². The van der Waals surface area contributed by atoms with Gasteiger partial charge in [0.15, 0.2) is 5.82 Å². The number of anilines is 1. The summed E-state index contributed by atoms with van der Waals surface area (Å²) in [5.74, 6) is 1.30. The predicted molar refractivity (Wildman–Crippen MR) is 131 cm³/mol. The summed E-state index contributed by atoms with van der Waals surface area (Å²) >= 11 is 0. The molecule has 2 atom stereocenters. The lowest BCUT2D eigenvalue weighted by Crippen LogP contribution is -2.36. The number of carboxylic acid groups (broad SMARTS) is 3. The number of aromatic nitrogens is 2. The maximum Gasteiger partial charge on any atom is 0.303 e. The van der Waals surface area contributed by atoms with Gasteiger partial charge >= 0.3 is 5.97 Å². The Bertz CT molecular complexity index is 935. The molecule has 1 aromatic heterocycles. The monoisotopic (exact) mass is 486 g/mol. The zero-order valence-electron chi connectivity index (χ0n) is 20.2. The number of carboxylic acids is 1. The fourth-order valence-electron chi connectivity index (χ4n) is 5.09. The molecule has 0 spiro atoms. The van der Waals surface area contributed by atoms with Crippen molar-refractivity contribution in [3.8, 4) is 11.3 Å². The molecule has 190 valence electrons. The molecule has 0 bridgehead atoms. The molecule has 0 radical (unpaired) electrons. The lowest BCUT2D eigenvalue weighted by atomic mass is 9.77. The first-order chi connectivity index (χ1) is 16.8. The molecule has 10 heteroatoms. The molecule has 3 N–H and O–H groups in total. The van der Waals surface area contributed by atoms with Crippen LogP contribution in [-0.4, -0.2) is 82.1 Å². The molecule has 2 fully saturated rings. The van der Waals surface area contributed by atoms with Crippen molar-refractivity contribution < 1.29 is 29.7 Å². The Balaban J connectivity index is 0.000000655. The summed E-state index contributed by atoms with van der Waals surface area (Å²) in [6.07, 6.45) is 0.964. The highest BCUT2D eigenvalue weighted by Gasteiger charge is 2.52. The minimum Gasteiger partial charge on any atom is -0.483 e. The maximum atomic E-state index is 11.3. The number of benzene rings is 1. The van der Waals surface area contributed by atoms with Gasteiger partial charge in [-0.3, -0.25) is 14.4 Å². The first-order valence-corrected chi connectivity index (χ1v) is 11.5. The number of hydrogen-bond donors (Lipinski definition) is 3. The van der Waals surface area contributed by atoms with E-state index in [9.17, 15) is 9.90 Å². The molecular weight excluding hydrogens is 452 g/mol. The van der Waals surface area contributed by atoms with Crippen LogP contribution < -0.4 is 4.90 Å². The van der Waals surface area contributed by atoms with E-state index in [2.05, 4.69) is 33.8 Å². The number of hydrogen-bond acceptors (Lipinski definition) is 7. The van der Waals surface area contributed by atoms with Gasteiger partial charge in [0.05, 0.1) is 5.69 Å². The van der Waals surface area contributed by atoms with E-state index in [0.717, 1.165) is 56.2 Å². The third-order valence-electron chi connectivity index (χ3n) is 6.33. The Morgan fingerprint density at radius 1 is 1.06 bits per heavy atom. The Morgan fingerprint density at radius 2 is 1.71 bits per heavy atom. The van der Waals surface area contributed by atoms with E-state index in [-0.39, 0.29) is 24.8 Å². The Hall–Kier alpha value is -3.53. The second kappa shape index (κ2) is 13.4. The summed E-state index contributed by atoms with van der Waals surface area (Å²) in [5.41, 5.74) is 1.97. The summed E-state index contributed by atoms with van der Waals surface area (Å²) in [6, 6.07) is 14.1. The predicted octanol–water partition coefficient (Wildman–Crippen LogP) is 2.80. The largest absolute Gasteiger partial charge is 0.483 e. The first-order valence-electron chi connectivity index (χ1n) is 11.5. The van der Waals surface area contributed by atoms with Gasteiger partial charge in [-0.15, -0.1) is 10.2 Å². The summed E-state index contributed by atoms with van der Waals surface area (Å²) < 4.78 is 0. The molecule has 0 aliphatic carbocycles. The third kappa shape index (κ3) is 7.74. The molecule has 3 heterocycles. The normalized spacial score (nSPS) is 20.8. The summed E-state index contributed by atoms with van der Waals surface area (Å²) in [5, 5.41) is 32.0. The van der Waals surface area contributed by atoms with Crippen molar-refractivity contribution in [3.05, 3.63) is 42.5 Å². The summed E-state index contributed by atoms with van der Waals surface area (Å²) in [4.78, 5) is 32.8. The Morgan fingerprint density at radius 3 is 2.26 bits per heavy atom. The van der Waals surface area contributed by atoms with Crippen LogP contribution in [0.2, 0.25) is 0 Å². The van der Waals surface area contributed by atoms with E-state index in [1.165, 1.54) is 0 Å². The second-order valence-electron chi connectivity index (χ2n) is 9.28. The van der Waals surface area contributed by atoms with E-state index in [4.69, 9.17) is 19.8 Å². The highest BCUT2D eigenvalue weighted by atomic mass is 16.4. The van der Waals surface area contributed by atoms with Crippen molar-refractivity contribution in [2.75, 3.05) is 37.6 Å². The number of nitrogens with zero attached hydrogens (tertiary/aromatic N) is 4. The van der Waals surface area contributed by atoms with E-state index in [1.807, 2.05) is 42.5 Å². The average molecular weight is 487 g/mol. The smallest absolute Gasteiger partial charge is 0.303 e. The minimum atomic E-state index is -0.703. The lowest BCUT2D eigenvalue weighted by molar-refractivity contribution is -0.137. The molecule has 2 aromatic rings. The molecule has 35 heavy (non-hydrogen) atoms. The molecule has 2 aliphatic rings. The highest BCUT2D eigenvalue weighted by Crippen LogP contribution is 2.47. The lowest BCUT2D eigenvalue weighted by Gasteiger charge is -2.29. The molecular formula is C25H34N4O6. The Kier molecular flexibility index (Phi) is 10.6. The summed E-state index contributed by atoms with van der Waals surface area (Å²) in [7, 11) is 0. The van der Waals surface area contributed by atoms with Crippen LogP contribution in [0.4, 0.5) is 5.82 Å². The average Bonchev–Trinajstić information content (AvgIpc) is 3.33. The van der Waals surface area contributed by atoms with Crippen LogP contribution in [0.5, 0.6) is 0 Å². The fourth-order valence-corrected chi connectivity index (χ4v) is 5.09. The van der Waals surface area contributed by atoms with Crippen LogP contribution in [-0.2, 0) is 14.4 Å². The topological polar surface area (TPSA) is 144 Å². The zero-order chi connectivity index (χ0) is 25.8. The van der Waals surface area contributed by atoms with Gasteiger partial charge < -0.3 is 25.1 Å². The highest BCUT2D eigenvalue weighted by molar-refractivity contribution is 5.66. The molecule has 0 amide bonds. The molecule has 1 aromatic carbocycles. The van der Waals surface area contributed by atoms with Crippen molar-refractivity contribution in [1.82, 2.24) is 15.1 Å². The van der Waals surface area contributed by atoms with E-state index < -0.39 is 5.97 Å². The second-order valence-corrected chi connectivity index (χ2v) is 9.28. The number of rotatable bonds is 7.